The van der Waals surface area contributed by atoms with Crippen LogP contribution in [0.1, 0.15) is 17.0 Å². The molecule has 0 aliphatic rings. The first kappa shape index (κ1) is 31.1. The zero-order valence-electron chi connectivity index (χ0n) is 28.7. The molecule has 0 spiro atoms. The molecule has 0 amide bonds. The van der Waals surface area contributed by atoms with Crippen LogP contribution in [0.2, 0.25) is 0 Å². The molecule has 2 aromatic heterocycles. The Kier molecular flexibility index (Phi) is 7.83. The van der Waals surface area contributed by atoms with Gasteiger partial charge in [0.1, 0.15) is 5.69 Å². The molecule has 0 saturated carbocycles. The highest BCUT2D eigenvalue weighted by Crippen LogP contribution is 2.44. The van der Waals surface area contributed by atoms with Crippen molar-refractivity contribution >= 4 is 44.0 Å². The molecule has 0 aliphatic carbocycles. The molecule has 0 unspecified atom stereocenters. The highest BCUT2D eigenvalue weighted by molar-refractivity contribution is 6.22. The fraction of sp³-hybridized carbons (Fsp3) is 0.0208. The molecular formula is C48H34N4. The number of benzene rings is 7. The summed E-state index contributed by atoms with van der Waals surface area (Å²) in [6.07, 6.45) is 7.71. The van der Waals surface area contributed by atoms with E-state index in [1.54, 1.807) is 11.0 Å². The molecule has 0 N–H and O–H groups in total. The molecule has 9 rings (SSSR count). The van der Waals surface area contributed by atoms with Crippen molar-refractivity contribution in [2.75, 3.05) is 0 Å². The molecule has 0 fully saturated rings. The molecule has 0 saturated heterocycles. The second kappa shape index (κ2) is 13.1. The average Bonchev–Trinajstić information content (AvgIpc) is 3.58. The minimum atomic E-state index is 0.794. The molecule has 0 atom stereocenters. The molecule has 7 aromatic carbocycles. The number of rotatable bonds is 7. The smallest absolute Gasteiger partial charge is 0.109 e. The third-order valence-corrected chi connectivity index (χ3v) is 9.90. The molecule has 4 nitrogen and oxygen atoms in total. The van der Waals surface area contributed by atoms with Crippen molar-refractivity contribution in [1.82, 2.24) is 20.0 Å². The van der Waals surface area contributed by atoms with Crippen LogP contribution in [-0.4, -0.2) is 20.0 Å². The first-order chi connectivity index (χ1) is 25.7. The van der Waals surface area contributed by atoms with Crippen molar-refractivity contribution in [2.45, 2.75) is 6.92 Å². The fourth-order valence-electron chi connectivity index (χ4n) is 7.46. The van der Waals surface area contributed by atoms with Gasteiger partial charge in [-0.25, -0.2) is 0 Å². The summed E-state index contributed by atoms with van der Waals surface area (Å²) in [5.74, 6) is 0. The van der Waals surface area contributed by atoms with Gasteiger partial charge in [-0.1, -0.05) is 146 Å². The Hall–Kier alpha value is -6.91. The summed E-state index contributed by atoms with van der Waals surface area (Å²) in [4.78, 5) is 6.10. The average molecular weight is 667 g/mol. The van der Waals surface area contributed by atoms with Crippen molar-refractivity contribution in [3.63, 3.8) is 0 Å². The number of pyridine rings is 1. The van der Waals surface area contributed by atoms with E-state index < -0.39 is 0 Å². The van der Waals surface area contributed by atoms with E-state index in [4.69, 9.17) is 10.2 Å². The Labute approximate surface area is 302 Å². The quantitative estimate of drug-likeness (QED) is 0.126. The van der Waals surface area contributed by atoms with Gasteiger partial charge in [0.05, 0.1) is 11.4 Å². The Morgan fingerprint density at radius 1 is 0.558 bits per heavy atom. The van der Waals surface area contributed by atoms with Crippen LogP contribution in [0.5, 0.6) is 0 Å². The summed E-state index contributed by atoms with van der Waals surface area (Å²) in [5, 5.41) is 17.0. The Balaban J connectivity index is 1.20. The molecule has 52 heavy (non-hydrogen) atoms. The topological polar surface area (TPSA) is 43.6 Å². The Bertz CT molecular complexity index is 2800. The van der Waals surface area contributed by atoms with Crippen molar-refractivity contribution < 1.29 is 0 Å². The highest BCUT2D eigenvalue weighted by Gasteiger charge is 2.18. The van der Waals surface area contributed by atoms with Crippen LogP contribution < -0.4 is 0 Å². The van der Waals surface area contributed by atoms with Crippen molar-refractivity contribution in [2.24, 2.45) is 0 Å². The number of hydrogen-bond donors (Lipinski definition) is 0. The van der Waals surface area contributed by atoms with Gasteiger partial charge in [0.25, 0.3) is 0 Å². The van der Waals surface area contributed by atoms with Crippen molar-refractivity contribution in [3.05, 3.63) is 194 Å². The lowest BCUT2D eigenvalue weighted by Gasteiger charge is -2.18. The molecule has 0 bridgehead atoms. The van der Waals surface area contributed by atoms with Gasteiger partial charge in [-0.15, -0.1) is 5.10 Å². The molecule has 246 valence electrons. The lowest BCUT2D eigenvalue weighted by Crippen LogP contribution is -2.00. The van der Waals surface area contributed by atoms with Crippen LogP contribution in [0.25, 0.3) is 83.0 Å². The van der Waals surface area contributed by atoms with Gasteiger partial charge in [0.2, 0.25) is 0 Å². The Morgan fingerprint density at radius 3 is 1.81 bits per heavy atom. The van der Waals surface area contributed by atoms with E-state index in [9.17, 15) is 0 Å². The van der Waals surface area contributed by atoms with E-state index in [0.29, 0.717) is 0 Å². The summed E-state index contributed by atoms with van der Waals surface area (Å²) in [6, 6.07) is 53.6. The van der Waals surface area contributed by atoms with Gasteiger partial charge in [-0.05, 0) is 97.1 Å². The highest BCUT2D eigenvalue weighted by atomic mass is 15.5. The number of aryl methyl sites for hydroxylation is 1. The number of allylic oxidation sites excluding steroid dienone is 2. The SMILES string of the molecule is C=C/C(=C\c1nn(-c2ccc(-c3cccnc3)c3ccccc23)nc1C)c1ccc2c(-c3ccccc3)c3ccccc3c(-c3ccccc3)c2c1. The molecule has 0 radical (unpaired) electrons. The van der Waals surface area contributed by atoms with Crippen LogP contribution in [-0.2, 0) is 0 Å². The molecule has 2 heterocycles. The van der Waals surface area contributed by atoms with Crippen LogP contribution in [0.4, 0.5) is 0 Å². The van der Waals surface area contributed by atoms with Gasteiger partial charge >= 0.3 is 0 Å². The molecule has 4 heteroatoms. The number of aromatic nitrogens is 4. The number of fused-ring (bicyclic) bond motifs is 3. The van der Waals surface area contributed by atoms with Gasteiger partial charge in [-0.2, -0.15) is 9.90 Å². The summed E-state index contributed by atoms with van der Waals surface area (Å²) in [6.45, 7) is 6.26. The summed E-state index contributed by atoms with van der Waals surface area (Å²) in [7, 11) is 0. The van der Waals surface area contributed by atoms with Gasteiger partial charge in [0, 0.05) is 23.3 Å². The number of nitrogens with zero attached hydrogens (tertiary/aromatic N) is 4. The monoisotopic (exact) mass is 666 g/mol. The summed E-state index contributed by atoms with van der Waals surface area (Å²) >= 11 is 0. The lowest BCUT2D eigenvalue weighted by molar-refractivity contribution is 0.750. The first-order valence-corrected chi connectivity index (χ1v) is 17.5. The second-order valence-electron chi connectivity index (χ2n) is 13.0. The van der Waals surface area contributed by atoms with E-state index >= 15 is 0 Å². The van der Waals surface area contributed by atoms with Crippen LogP contribution >= 0.6 is 0 Å². The van der Waals surface area contributed by atoms with Crippen molar-refractivity contribution in [1.29, 1.82) is 0 Å². The largest absolute Gasteiger partial charge is 0.264 e. The predicted octanol–water partition coefficient (Wildman–Crippen LogP) is 12.2. The number of hydrogen-bond acceptors (Lipinski definition) is 3. The zero-order valence-corrected chi connectivity index (χ0v) is 28.7. The van der Waals surface area contributed by atoms with E-state index in [1.807, 2.05) is 25.3 Å². The fourth-order valence-corrected chi connectivity index (χ4v) is 7.46. The third kappa shape index (κ3) is 5.38. The van der Waals surface area contributed by atoms with Crippen LogP contribution in [0, 0.1) is 6.92 Å². The zero-order chi connectivity index (χ0) is 35.0. The maximum atomic E-state index is 5.04. The third-order valence-electron chi connectivity index (χ3n) is 9.90. The normalized spacial score (nSPS) is 11.8. The van der Waals surface area contributed by atoms with E-state index in [0.717, 1.165) is 50.1 Å². The minimum absolute atomic E-state index is 0.794. The minimum Gasteiger partial charge on any atom is -0.264 e. The Morgan fingerprint density at radius 2 is 1.15 bits per heavy atom. The van der Waals surface area contributed by atoms with Crippen molar-refractivity contribution in [3.8, 4) is 39.1 Å². The summed E-state index contributed by atoms with van der Waals surface area (Å²) in [5.41, 5.74) is 11.6. The summed E-state index contributed by atoms with van der Waals surface area (Å²) < 4.78 is 0. The van der Waals surface area contributed by atoms with Crippen LogP contribution in [0.3, 0.4) is 0 Å². The predicted molar refractivity (Wildman–Crippen MR) is 217 cm³/mol. The maximum Gasteiger partial charge on any atom is 0.109 e. The second-order valence-corrected chi connectivity index (χ2v) is 13.0. The molecule has 9 aromatic rings. The first-order valence-electron chi connectivity index (χ1n) is 17.5. The van der Waals surface area contributed by atoms with Crippen LogP contribution in [0.15, 0.2) is 177 Å². The van der Waals surface area contributed by atoms with E-state index in [1.165, 1.54) is 43.8 Å². The van der Waals surface area contributed by atoms with E-state index in [-0.39, 0.29) is 0 Å². The standard InChI is InChI=1S/C48H34N4/c1-3-33(30-45-32(2)50-52(51-45)46-27-26-38(37-19-14-28-49-31-37)39-20-10-11-21-40(39)46)36-24-25-43-44(29-36)48(35-17-8-5-9-18-35)42-23-13-12-22-41(42)47(43)34-15-6-4-7-16-34/h3-31H,1H2,2H3/b33-30+. The van der Waals surface area contributed by atoms with Gasteiger partial charge < -0.3 is 0 Å². The van der Waals surface area contributed by atoms with E-state index in [2.05, 4.69) is 163 Å². The van der Waals surface area contributed by atoms with Gasteiger partial charge in [-0.3, -0.25) is 4.98 Å². The maximum absolute atomic E-state index is 5.04. The molecule has 0 aliphatic heterocycles. The molecular weight excluding hydrogens is 633 g/mol. The lowest BCUT2D eigenvalue weighted by atomic mass is 9.85. The van der Waals surface area contributed by atoms with Gasteiger partial charge in [0.15, 0.2) is 0 Å².